The highest BCUT2D eigenvalue weighted by atomic mass is 16.5. The molecule has 178 valence electrons. The van der Waals surface area contributed by atoms with E-state index in [1.54, 1.807) is 51.1 Å². The first-order valence-electron chi connectivity index (χ1n) is 10.5. The van der Waals surface area contributed by atoms with Crippen molar-refractivity contribution in [2.75, 3.05) is 25.1 Å². The molecule has 33 heavy (non-hydrogen) atoms. The predicted molar refractivity (Wildman–Crippen MR) is 124 cm³/mol. The highest BCUT2D eigenvalue weighted by Crippen LogP contribution is 2.43. The van der Waals surface area contributed by atoms with Gasteiger partial charge in [0.1, 0.15) is 11.6 Å². The number of hydrogen-bond donors (Lipinski definition) is 5. The zero-order valence-corrected chi connectivity index (χ0v) is 18.9. The number of carbonyl (C=O) groups excluding carboxylic acids is 1. The zero-order chi connectivity index (χ0) is 24.6. The largest absolute Gasteiger partial charge is 0.490 e. The van der Waals surface area contributed by atoms with Gasteiger partial charge in [-0.1, -0.05) is 6.92 Å². The molecule has 1 amide bonds. The molecule has 1 unspecified atom stereocenters. The number of nitrogen functional groups attached to an aromatic ring is 1. The fourth-order valence-corrected chi connectivity index (χ4v) is 3.33. The number of nitrogens with one attached hydrogen (secondary N) is 2. The Bertz CT molecular complexity index is 1010. The smallest absolute Gasteiger partial charge is 0.334 e. The molecule has 0 bridgehead atoms. The third-order valence-corrected chi connectivity index (χ3v) is 4.92. The number of nitrogens with two attached hydrogens (primary N) is 2. The normalized spacial score (nSPS) is 12.3. The van der Waals surface area contributed by atoms with E-state index in [0.717, 1.165) is 0 Å². The van der Waals surface area contributed by atoms with Gasteiger partial charge >= 0.3 is 5.97 Å². The van der Waals surface area contributed by atoms with E-state index in [-0.39, 0.29) is 23.6 Å². The summed E-state index contributed by atoms with van der Waals surface area (Å²) in [5, 5.41) is 20.9. The monoisotopic (exact) mass is 458 g/mol. The minimum Gasteiger partial charge on any atom is -0.490 e. The lowest BCUT2D eigenvalue weighted by molar-refractivity contribution is -0.142. The number of anilines is 1. The average molecular weight is 459 g/mol. The summed E-state index contributed by atoms with van der Waals surface area (Å²) >= 11 is 0. The van der Waals surface area contributed by atoms with E-state index < -0.39 is 24.0 Å². The predicted octanol–water partition coefficient (Wildman–Crippen LogP) is 2.43. The van der Waals surface area contributed by atoms with Gasteiger partial charge in [-0.3, -0.25) is 10.2 Å². The average Bonchev–Trinajstić information content (AvgIpc) is 2.77. The summed E-state index contributed by atoms with van der Waals surface area (Å²) in [7, 11) is 0. The van der Waals surface area contributed by atoms with Crippen LogP contribution in [-0.2, 0) is 15.1 Å². The van der Waals surface area contributed by atoms with Crippen molar-refractivity contribution < 1.29 is 28.9 Å². The fourth-order valence-electron chi connectivity index (χ4n) is 3.33. The van der Waals surface area contributed by atoms with Crippen molar-refractivity contribution in [1.29, 1.82) is 5.41 Å². The maximum atomic E-state index is 12.7. The Balaban J connectivity index is 2.68. The topological polar surface area (TPSA) is 170 Å². The number of hydrogen-bond acceptors (Lipinski definition) is 7. The van der Waals surface area contributed by atoms with E-state index in [1.807, 2.05) is 0 Å². The molecule has 2 aromatic carbocycles. The zero-order valence-electron chi connectivity index (χ0n) is 18.9. The first kappa shape index (κ1) is 25.3. The van der Waals surface area contributed by atoms with Gasteiger partial charge in [-0.25, -0.2) is 4.79 Å². The number of carbonyl (C=O) groups is 2. The Kier molecular flexibility index (Phi) is 8.49. The molecule has 0 aromatic heterocycles. The lowest BCUT2D eigenvalue weighted by atomic mass is 9.85. The number of ether oxygens (including phenoxy) is 3. The first-order chi connectivity index (χ1) is 15.7. The summed E-state index contributed by atoms with van der Waals surface area (Å²) in [6.07, 6.45) is 0.114. The number of benzene rings is 2. The van der Waals surface area contributed by atoms with Crippen molar-refractivity contribution in [3.8, 4) is 17.2 Å². The molecule has 0 saturated heterocycles. The molecule has 0 fully saturated rings. The van der Waals surface area contributed by atoms with Gasteiger partial charge in [-0.2, -0.15) is 0 Å². The Morgan fingerprint density at radius 2 is 1.55 bits per heavy atom. The molecule has 0 aliphatic rings. The van der Waals surface area contributed by atoms with E-state index in [4.69, 9.17) is 31.1 Å². The van der Waals surface area contributed by atoms with Crippen LogP contribution in [-0.4, -0.2) is 42.6 Å². The van der Waals surface area contributed by atoms with E-state index in [2.05, 4.69) is 5.32 Å². The van der Waals surface area contributed by atoms with Crippen LogP contribution in [0, 0.1) is 5.41 Å². The summed E-state index contributed by atoms with van der Waals surface area (Å²) in [6, 6.07) is 9.53. The van der Waals surface area contributed by atoms with Gasteiger partial charge in [0.2, 0.25) is 0 Å². The number of primary amides is 1. The SMILES string of the molecule is CCOc1cc(OCC(N)=O)c(C(CC)(Nc2ccc(C(=N)N)cc2)C(=O)O)cc1OCC. The number of carboxylic acid groups (broad SMARTS) is 1. The fraction of sp³-hybridized carbons (Fsp3) is 0.348. The van der Waals surface area contributed by atoms with Crippen LogP contribution >= 0.6 is 0 Å². The molecule has 1 atom stereocenters. The highest BCUT2D eigenvalue weighted by Gasteiger charge is 2.42. The van der Waals surface area contributed by atoms with E-state index >= 15 is 0 Å². The summed E-state index contributed by atoms with van der Waals surface area (Å²) in [6.45, 7) is 5.53. The van der Waals surface area contributed by atoms with Gasteiger partial charge in [0.25, 0.3) is 5.91 Å². The molecule has 0 spiro atoms. The molecule has 0 heterocycles. The molecule has 2 rings (SSSR count). The van der Waals surface area contributed by atoms with Crippen LogP contribution in [0.1, 0.15) is 38.3 Å². The quantitative estimate of drug-likeness (QED) is 0.225. The van der Waals surface area contributed by atoms with Gasteiger partial charge in [0.05, 0.1) is 13.2 Å². The minimum atomic E-state index is -1.65. The summed E-state index contributed by atoms with van der Waals surface area (Å²) in [4.78, 5) is 24.0. The third kappa shape index (κ3) is 5.85. The van der Waals surface area contributed by atoms with Gasteiger partial charge in [0.15, 0.2) is 23.6 Å². The molecular formula is C23H30N4O6. The molecule has 0 aliphatic heterocycles. The lowest BCUT2D eigenvalue weighted by Gasteiger charge is -2.33. The van der Waals surface area contributed by atoms with Crippen LogP contribution in [0.5, 0.6) is 17.2 Å². The summed E-state index contributed by atoms with van der Waals surface area (Å²) < 4.78 is 16.9. The Hall–Kier alpha value is -3.95. The molecule has 0 radical (unpaired) electrons. The minimum absolute atomic E-state index is 0.100. The standard InChI is InChI=1S/C23H30N4O6/c1-4-23(22(29)30,27-15-9-7-14(8-10-15)21(25)26)16-11-18(31-5-2)19(32-6-3)12-17(16)33-13-20(24)28/h7-12,27H,4-6,13H2,1-3H3,(H2,24,28)(H3,25,26)(H,29,30). The van der Waals surface area contributed by atoms with Crippen molar-refractivity contribution in [2.45, 2.75) is 32.7 Å². The second kappa shape index (κ2) is 11.1. The highest BCUT2D eigenvalue weighted by molar-refractivity contribution is 5.95. The molecule has 7 N–H and O–H groups in total. The number of rotatable bonds is 13. The second-order valence-electron chi connectivity index (χ2n) is 7.10. The molecule has 2 aromatic rings. The Labute approximate surface area is 192 Å². The van der Waals surface area contributed by atoms with E-state index in [1.165, 1.54) is 6.07 Å². The van der Waals surface area contributed by atoms with Crippen LogP contribution in [0.3, 0.4) is 0 Å². The molecule has 0 aliphatic carbocycles. The lowest BCUT2D eigenvalue weighted by Crippen LogP contribution is -2.43. The molecule has 0 saturated carbocycles. The maximum Gasteiger partial charge on any atom is 0.334 e. The molecule has 10 heteroatoms. The van der Waals surface area contributed by atoms with Crippen molar-refractivity contribution in [2.24, 2.45) is 11.5 Å². The number of amides is 1. The van der Waals surface area contributed by atoms with E-state index in [0.29, 0.717) is 36.0 Å². The van der Waals surface area contributed by atoms with E-state index in [9.17, 15) is 14.7 Å². The van der Waals surface area contributed by atoms with Gasteiger partial charge < -0.3 is 36.1 Å². The van der Waals surface area contributed by atoms with Gasteiger partial charge in [-0.15, -0.1) is 0 Å². The number of carboxylic acids is 1. The van der Waals surface area contributed by atoms with Crippen LogP contribution in [0.4, 0.5) is 5.69 Å². The van der Waals surface area contributed by atoms with Gasteiger partial charge in [-0.05, 0) is 50.6 Å². The third-order valence-electron chi connectivity index (χ3n) is 4.92. The Morgan fingerprint density at radius 3 is 2.00 bits per heavy atom. The summed E-state index contributed by atoms with van der Waals surface area (Å²) in [5.74, 6) is -1.17. The van der Waals surface area contributed by atoms with Crippen molar-refractivity contribution >= 4 is 23.4 Å². The second-order valence-corrected chi connectivity index (χ2v) is 7.10. The van der Waals surface area contributed by atoms with Crippen LogP contribution in [0.2, 0.25) is 0 Å². The molecular weight excluding hydrogens is 428 g/mol. The first-order valence-corrected chi connectivity index (χ1v) is 10.5. The van der Waals surface area contributed by atoms with Crippen LogP contribution < -0.4 is 31.0 Å². The van der Waals surface area contributed by atoms with Crippen molar-refractivity contribution in [3.05, 3.63) is 47.5 Å². The van der Waals surface area contributed by atoms with Gasteiger partial charge in [0, 0.05) is 22.9 Å². The van der Waals surface area contributed by atoms with Crippen LogP contribution in [0.15, 0.2) is 36.4 Å². The number of amidine groups is 1. The van der Waals surface area contributed by atoms with Crippen molar-refractivity contribution in [1.82, 2.24) is 0 Å². The van der Waals surface area contributed by atoms with Crippen LogP contribution in [0.25, 0.3) is 0 Å². The Morgan fingerprint density at radius 1 is 0.970 bits per heavy atom. The summed E-state index contributed by atoms with van der Waals surface area (Å²) in [5.41, 5.74) is 10.3. The number of aliphatic carboxylic acids is 1. The van der Waals surface area contributed by atoms with Crippen molar-refractivity contribution in [3.63, 3.8) is 0 Å². The molecule has 10 nitrogen and oxygen atoms in total. The maximum absolute atomic E-state index is 12.7.